The van der Waals surface area contributed by atoms with Gasteiger partial charge in [0.2, 0.25) is 0 Å². The molecule has 1 heterocycles. The molecule has 7 nitrogen and oxygen atoms in total. The Kier molecular flexibility index (Phi) is 5.62. The van der Waals surface area contributed by atoms with Crippen LogP contribution in [0.15, 0.2) is 18.2 Å². The third-order valence-corrected chi connectivity index (χ3v) is 5.65. The summed E-state index contributed by atoms with van der Waals surface area (Å²) in [4.78, 5) is 25.5. The second-order valence-electron chi connectivity index (χ2n) is 5.94. The fourth-order valence-corrected chi connectivity index (χ4v) is 4.56. The third kappa shape index (κ3) is 4.04. The van der Waals surface area contributed by atoms with Gasteiger partial charge in [-0.3, -0.25) is 14.9 Å². The molecule has 0 saturated heterocycles. The molecule has 0 unspecified atom stereocenters. The van der Waals surface area contributed by atoms with Gasteiger partial charge in [-0.15, -0.1) is 11.3 Å². The predicted octanol–water partition coefficient (Wildman–Crippen LogP) is 2.48. The highest BCUT2D eigenvalue weighted by Gasteiger charge is 2.26. The van der Waals surface area contributed by atoms with Gasteiger partial charge in [0.1, 0.15) is 16.5 Å². The number of thiocarbonyl (C=S) groups is 1. The Bertz CT molecular complexity index is 901. The van der Waals surface area contributed by atoms with Crippen molar-refractivity contribution in [2.24, 2.45) is 5.73 Å². The predicted molar refractivity (Wildman–Crippen MR) is 108 cm³/mol. The van der Waals surface area contributed by atoms with E-state index in [-0.39, 0.29) is 5.11 Å². The smallest absolute Gasteiger partial charge is 0.257 e. The van der Waals surface area contributed by atoms with E-state index in [4.69, 9.17) is 27.4 Å². The fourth-order valence-electron chi connectivity index (χ4n) is 3.00. The number of ether oxygens (including phenoxy) is 2. The first-order chi connectivity index (χ1) is 12.9. The Morgan fingerprint density at radius 3 is 2.41 bits per heavy atom. The molecule has 0 atom stereocenters. The number of hydrogen-bond acceptors (Lipinski definition) is 6. The molecule has 142 valence electrons. The normalized spacial score (nSPS) is 12.2. The Hall–Kier alpha value is -2.65. The van der Waals surface area contributed by atoms with Crippen LogP contribution in [0.25, 0.3) is 0 Å². The molecule has 1 aromatic heterocycles. The summed E-state index contributed by atoms with van der Waals surface area (Å²) in [6.45, 7) is 0. The Morgan fingerprint density at radius 1 is 1.15 bits per heavy atom. The summed E-state index contributed by atoms with van der Waals surface area (Å²) < 4.78 is 10.3. The summed E-state index contributed by atoms with van der Waals surface area (Å²) in [6, 6.07) is 4.82. The molecule has 0 spiro atoms. The number of aryl methyl sites for hydroxylation is 1. The molecule has 0 radical (unpaired) electrons. The first-order valence-electron chi connectivity index (χ1n) is 8.22. The van der Waals surface area contributed by atoms with Crippen LogP contribution >= 0.6 is 23.6 Å². The number of carbonyl (C=O) groups excluding carboxylic acids is 2. The van der Waals surface area contributed by atoms with Crippen molar-refractivity contribution in [3.05, 3.63) is 39.8 Å². The van der Waals surface area contributed by atoms with Gasteiger partial charge in [0.15, 0.2) is 5.11 Å². The topological polar surface area (TPSA) is 103 Å². The first-order valence-corrected chi connectivity index (χ1v) is 9.45. The van der Waals surface area contributed by atoms with Crippen molar-refractivity contribution >= 4 is 45.5 Å². The van der Waals surface area contributed by atoms with Crippen LogP contribution in [0.2, 0.25) is 0 Å². The van der Waals surface area contributed by atoms with Crippen LogP contribution in [-0.2, 0) is 12.8 Å². The van der Waals surface area contributed by atoms with Crippen LogP contribution in [0, 0.1) is 0 Å². The van der Waals surface area contributed by atoms with Gasteiger partial charge >= 0.3 is 0 Å². The molecule has 0 fully saturated rings. The molecule has 1 aliphatic carbocycles. The second kappa shape index (κ2) is 7.93. The highest BCUT2D eigenvalue weighted by molar-refractivity contribution is 7.80. The van der Waals surface area contributed by atoms with E-state index in [2.05, 4.69) is 10.6 Å². The van der Waals surface area contributed by atoms with Crippen molar-refractivity contribution in [3.63, 3.8) is 0 Å². The number of methoxy groups -OCH3 is 2. The molecule has 0 aliphatic heterocycles. The average molecular weight is 406 g/mol. The molecule has 2 aromatic rings. The molecule has 1 aromatic carbocycles. The number of anilines is 1. The van der Waals surface area contributed by atoms with E-state index in [0.717, 1.165) is 29.7 Å². The van der Waals surface area contributed by atoms with Crippen molar-refractivity contribution in [3.8, 4) is 11.5 Å². The maximum atomic E-state index is 12.5. The zero-order valence-corrected chi connectivity index (χ0v) is 16.5. The van der Waals surface area contributed by atoms with E-state index in [9.17, 15) is 9.59 Å². The van der Waals surface area contributed by atoms with Crippen LogP contribution in [0.3, 0.4) is 0 Å². The number of thiophene rings is 1. The minimum absolute atomic E-state index is 0.0872. The summed E-state index contributed by atoms with van der Waals surface area (Å²) in [7, 11) is 3.01. The number of nitrogens with one attached hydrogen (secondary N) is 2. The zero-order valence-electron chi connectivity index (χ0n) is 14.9. The third-order valence-electron chi connectivity index (χ3n) is 4.24. The van der Waals surface area contributed by atoms with Gasteiger partial charge < -0.3 is 20.5 Å². The maximum absolute atomic E-state index is 12.5. The van der Waals surface area contributed by atoms with Gasteiger partial charge in [-0.1, -0.05) is 0 Å². The summed E-state index contributed by atoms with van der Waals surface area (Å²) >= 11 is 6.69. The van der Waals surface area contributed by atoms with Crippen LogP contribution < -0.4 is 25.8 Å². The minimum Gasteiger partial charge on any atom is -0.497 e. The molecule has 27 heavy (non-hydrogen) atoms. The van der Waals surface area contributed by atoms with Gasteiger partial charge in [-0.05, 0) is 49.2 Å². The number of rotatable bonds is 5. The quantitative estimate of drug-likeness (QED) is 0.661. The van der Waals surface area contributed by atoms with Crippen LogP contribution in [0.1, 0.15) is 37.6 Å². The summed E-state index contributed by atoms with van der Waals surface area (Å²) in [5, 5.41) is 6.19. The molecule has 2 amide bonds. The van der Waals surface area contributed by atoms with E-state index < -0.39 is 11.8 Å². The number of hydrogen-bond donors (Lipinski definition) is 3. The van der Waals surface area contributed by atoms with Gasteiger partial charge in [0, 0.05) is 16.5 Å². The Balaban J connectivity index is 1.75. The van der Waals surface area contributed by atoms with Crippen LogP contribution in [-0.4, -0.2) is 31.1 Å². The molecule has 1 aliphatic rings. The summed E-state index contributed by atoms with van der Waals surface area (Å²) in [5.74, 6) is 0.0612. The lowest BCUT2D eigenvalue weighted by Crippen LogP contribution is -2.34. The molecule has 0 bridgehead atoms. The highest BCUT2D eigenvalue weighted by Crippen LogP contribution is 2.38. The molecule has 3 rings (SSSR count). The summed E-state index contributed by atoms with van der Waals surface area (Å²) in [5.41, 5.74) is 7.32. The largest absolute Gasteiger partial charge is 0.497 e. The highest BCUT2D eigenvalue weighted by atomic mass is 32.1. The van der Waals surface area contributed by atoms with Crippen molar-refractivity contribution in [1.29, 1.82) is 0 Å². The molecular formula is C18H19N3O4S2. The molecule has 0 saturated carbocycles. The maximum Gasteiger partial charge on any atom is 0.257 e. The van der Waals surface area contributed by atoms with E-state index in [1.54, 1.807) is 18.2 Å². The van der Waals surface area contributed by atoms with Gasteiger partial charge in [-0.2, -0.15) is 0 Å². The standard InChI is InChI=1S/C18H19N3O4S2/c1-24-10-6-9(7-11(8-10)25-2)16(23)20-18(26)21-17-14(15(19)22)12-4-3-5-13(12)27-17/h6-8H,3-5H2,1-2H3,(H2,19,22)(H2,20,21,23,26). The van der Waals surface area contributed by atoms with Gasteiger partial charge in [0.05, 0.1) is 19.8 Å². The zero-order chi connectivity index (χ0) is 19.6. The lowest BCUT2D eigenvalue weighted by Gasteiger charge is -2.11. The SMILES string of the molecule is COc1cc(OC)cc(C(=O)NC(=S)Nc2sc3c(c2C(N)=O)CCC3)c1. The monoisotopic (exact) mass is 405 g/mol. The number of primary amides is 1. The number of nitrogens with two attached hydrogens (primary N) is 1. The second-order valence-corrected chi connectivity index (χ2v) is 7.45. The molecular weight excluding hydrogens is 386 g/mol. The average Bonchev–Trinajstić information content (AvgIpc) is 3.21. The number of benzene rings is 1. The van der Waals surface area contributed by atoms with E-state index in [0.29, 0.717) is 27.6 Å². The fraction of sp³-hybridized carbons (Fsp3) is 0.278. The van der Waals surface area contributed by atoms with Crippen molar-refractivity contribution in [2.45, 2.75) is 19.3 Å². The Morgan fingerprint density at radius 2 is 1.81 bits per heavy atom. The molecule has 4 N–H and O–H groups in total. The van der Waals surface area contributed by atoms with Crippen molar-refractivity contribution in [1.82, 2.24) is 5.32 Å². The Labute approximate surface area is 165 Å². The summed E-state index contributed by atoms with van der Waals surface area (Å²) in [6.07, 6.45) is 2.76. The van der Waals surface area contributed by atoms with E-state index in [1.165, 1.54) is 25.6 Å². The van der Waals surface area contributed by atoms with Crippen LogP contribution in [0.4, 0.5) is 5.00 Å². The van der Waals surface area contributed by atoms with E-state index in [1.807, 2.05) is 0 Å². The van der Waals surface area contributed by atoms with Gasteiger partial charge in [0.25, 0.3) is 11.8 Å². The minimum atomic E-state index is -0.497. The number of fused-ring (bicyclic) bond motifs is 1. The van der Waals surface area contributed by atoms with Crippen molar-refractivity contribution < 1.29 is 19.1 Å². The lowest BCUT2D eigenvalue weighted by molar-refractivity contribution is 0.0975. The van der Waals surface area contributed by atoms with Gasteiger partial charge in [-0.25, -0.2) is 0 Å². The lowest BCUT2D eigenvalue weighted by atomic mass is 10.1. The molecule has 9 heteroatoms. The van der Waals surface area contributed by atoms with E-state index >= 15 is 0 Å². The first kappa shape index (κ1) is 19.1. The number of carbonyl (C=O) groups is 2. The van der Waals surface area contributed by atoms with Crippen LogP contribution in [0.5, 0.6) is 11.5 Å². The van der Waals surface area contributed by atoms with Crippen molar-refractivity contribution in [2.75, 3.05) is 19.5 Å². The number of amides is 2.